The van der Waals surface area contributed by atoms with Crippen LogP contribution < -0.4 is 16.0 Å². The lowest BCUT2D eigenvalue weighted by molar-refractivity contribution is -0.119. The first-order valence-corrected chi connectivity index (χ1v) is 7.51. The summed E-state index contributed by atoms with van der Waals surface area (Å²) in [5, 5.41) is 8.72. The molecule has 0 saturated carbocycles. The van der Waals surface area contributed by atoms with Gasteiger partial charge in [-0.25, -0.2) is 0 Å². The van der Waals surface area contributed by atoms with Crippen LogP contribution in [0.5, 0.6) is 0 Å². The number of hydrogen-bond acceptors (Lipinski definition) is 3. The highest BCUT2D eigenvalue weighted by molar-refractivity contribution is 6.04. The number of carbonyl (C=O) groups is 2. The van der Waals surface area contributed by atoms with E-state index in [4.69, 9.17) is 0 Å². The maximum Gasteiger partial charge on any atom is 0.253 e. The third kappa shape index (κ3) is 3.82. The quantitative estimate of drug-likeness (QED) is 0.791. The number of benzene rings is 1. The third-order valence-electron chi connectivity index (χ3n) is 4.06. The Morgan fingerprint density at radius 3 is 2.81 bits per heavy atom. The van der Waals surface area contributed by atoms with Gasteiger partial charge in [-0.05, 0) is 37.4 Å². The van der Waals surface area contributed by atoms with Crippen LogP contribution in [0.2, 0.25) is 0 Å². The van der Waals surface area contributed by atoms with E-state index in [-0.39, 0.29) is 17.9 Å². The maximum atomic E-state index is 12.4. The van der Waals surface area contributed by atoms with E-state index in [9.17, 15) is 9.59 Å². The molecule has 2 amide bonds. The summed E-state index contributed by atoms with van der Waals surface area (Å²) in [6.45, 7) is 3.03. The van der Waals surface area contributed by atoms with Gasteiger partial charge in [0, 0.05) is 7.05 Å². The summed E-state index contributed by atoms with van der Waals surface area (Å²) in [7, 11) is 1.58. The van der Waals surface area contributed by atoms with E-state index in [1.807, 2.05) is 6.07 Å². The Morgan fingerprint density at radius 2 is 2.10 bits per heavy atom. The summed E-state index contributed by atoms with van der Waals surface area (Å²) in [6.07, 6.45) is 3.07. The van der Waals surface area contributed by atoms with Crippen LogP contribution in [-0.2, 0) is 4.79 Å². The molecule has 114 valence electrons. The summed E-state index contributed by atoms with van der Waals surface area (Å²) in [4.78, 5) is 24.2. The fourth-order valence-electron chi connectivity index (χ4n) is 2.71. The van der Waals surface area contributed by atoms with E-state index in [2.05, 4.69) is 22.9 Å². The summed E-state index contributed by atoms with van der Waals surface area (Å²) >= 11 is 0. The number of amides is 2. The molecule has 0 spiro atoms. The second-order valence-electron chi connectivity index (χ2n) is 5.42. The fourth-order valence-corrected chi connectivity index (χ4v) is 2.71. The first-order chi connectivity index (χ1) is 10.2. The van der Waals surface area contributed by atoms with Crippen molar-refractivity contribution >= 4 is 17.5 Å². The average molecular weight is 289 g/mol. The van der Waals surface area contributed by atoms with Crippen LogP contribution in [0, 0.1) is 5.92 Å². The van der Waals surface area contributed by atoms with E-state index >= 15 is 0 Å². The van der Waals surface area contributed by atoms with E-state index in [1.165, 1.54) is 0 Å². The van der Waals surface area contributed by atoms with Crippen LogP contribution >= 0.6 is 0 Å². The van der Waals surface area contributed by atoms with E-state index in [1.54, 1.807) is 25.2 Å². The molecule has 2 unspecified atom stereocenters. The van der Waals surface area contributed by atoms with Gasteiger partial charge in [-0.2, -0.15) is 0 Å². The SMILES string of the molecule is CCC1CCNC(C(=O)Nc2ccccc2C(=O)NC)C1. The number of anilines is 1. The van der Waals surface area contributed by atoms with Crippen molar-refractivity contribution in [1.29, 1.82) is 0 Å². The molecular formula is C16H23N3O2. The Bertz CT molecular complexity index is 516. The highest BCUT2D eigenvalue weighted by Gasteiger charge is 2.26. The molecular weight excluding hydrogens is 266 g/mol. The average Bonchev–Trinajstić information content (AvgIpc) is 2.54. The molecule has 21 heavy (non-hydrogen) atoms. The zero-order valence-electron chi connectivity index (χ0n) is 12.6. The van der Waals surface area contributed by atoms with Crippen molar-refractivity contribution in [3.63, 3.8) is 0 Å². The molecule has 1 aliphatic rings. The topological polar surface area (TPSA) is 70.2 Å². The van der Waals surface area contributed by atoms with Crippen LogP contribution in [0.3, 0.4) is 0 Å². The third-order valence-corrected chi connectivity index (χ3v) is 4.06. The van der Waals surface area contributed by atoms with Gasteiger partial charge in [0.25, 0.3) is 5.91 Å². The number of rotatable bonds is 4. The Balaban J connectivity index is 2.07. The second-order valence-corrected chi connectivity index (χ2v) is 5.42. The molecule has 1 fully saturated rings. The minimum atomic E-state index is -0.200. The molecule has 5 nitrogen and oxygen atoms in total. The van der Waals surface area contributed by atoms with Crippen molar-refractivity contribution in [2.45, 2.75) is 32.2 Å². The first kappa shape index (κ1) is 15.5. The van der Waals surface area contributed by atoms with Crippen LogP contribution in [0.4, 0.5) is 5.69 Å². The lowest BCUT2D eigenvalue weighted by atomic mass is 9.90. The van der Waals surface area contributed by atoms with Gasteiger partial charge in [-0.3, -0.25) is 9.59 Å². The van der Waals surface area contributed by atoms with Gasteiger partial charge in [0.15, 0.2) is 0 Å². The number of piperidine rings is 1. The van der Waals surface area contributed by atoms with Gasteiger partial charge < -0.3 is 16.0 Å². The Morgan fingerprint density at radius 1 is 1.33 bits per heavy atom. The predicted octanol–water partition coefficient (Wildman–Crippen LogP) is 1.76. The van der Waals surface area contributed by atoms with Gasteiger partial charge in [0.2, 0.25) is 5.91 Å². The smallest absolute Gasteiger partial charge is 0.253 e. The molecule has 1 heterocycles. The molecule has 0 aromatic heterocycles. The molecule has 2 atom stereocenters. The molecule has 3 N–H and O–H groups in total. The lowest BCUT2D eigenvalue weighted by Gasteiger charge is -2.29. The number of para-hydroxylation sites is 1. The molecule has 0 aliphatic carbocycles. The van der Waals surface area contributed by atoms with Crippen molar-refractivity contribution < 1.29 is 9.59 Å². The molecule has 5 heteroatoms. The van der Waals surface area contributed by atoms with Crippen molar-refractivity contribution in [2.75, 3.05) is 18.9 Å². The summed E-state index contributed by atoms with van der Waals surface area (Å²) in [6, 6.07) is 6.87. The fraction of sp³-hybridized carbons (Fsp3) is 0.500. The minimum absolute atomic E-state index is 0.0653. The minimum Gasteiger partial charge on any atom is -0.355 e. The monoisotopic (exact) mass is 289 g/mol. The highest BCUT2D eigenvalue weighted by Crippen LogP contribution is 2.21. The molecule has 0 radical (unpaired) electrons. The zero-order chi connectivity index (χ0) is 15.2. The Kier molecular flexibility index (Phi) is 5.33. The van der Waals surface area contributed by atoms with Crippen LogP contribution in [0.15, 0.2) is 24.3 Å². The van der Waals surface area contributed by atoms with Gasteiger partial charge >= 0.3 is 0 Å². The van der Waals surface area contributed by atoms with E-state index in [0.717, 1.165) is 25.8 Å². The number of nitrogens with one attached hydrogen (secondary N) is 3. The second kappa shape index (κ2) is 7.22. The van der Waals surface area contributed by atoms with Crippen LogP contribution in [0.25, 0.3) is 0 Å². The zero-order valence-corrected chi connectivity index (χ0v) is 12.6. The normalized spacial score (nSPS) is 21.6. The van der Waals surface area contributed by atoms with Crippen molar-refractivity contribution in [2.24, 2.45) is 5.92 Å². The maximum absolute atomic E-state index is 12.4. The number of carbonyl (C=O) groups excluding carboxylic acids is 2. The summed E-state index contributed by atoms with van der Waals surface area (Å²) in [5.74, 6) is 0.328. The predicted molar refractivity (Wildman–Crippen MR) is 83.3 cm³/mol. The Hall–Kier alpha value is -1.88. The van der Waals surface area contributed by atoms with Gasteiger partial charge in [-0.15, -0.1) is 0 Å². The molecule has 1 aromatic carbocycles. The van der Waals surface area contributed by atoms with Crippen LogP contribution in [-0.4, -0.2) is 31.4 Å². The molecule has 1 aromatic rings. The Labute approximate surface area is 125 Å². The summed E-state index contributed by atoms with van der Waals surface area (Å²) in [5.41, 5.74) is 1.04. The van der Waals surface area contributed by atoms with E-state index in [0.29, 0.717) is 17.2 Å². The van der Waals surface area contributed by atoms with Crippen molar-refractivity contribution in [3.8, 4) is 0 Å². The highest BCUT2D eigenvalue weighted by atomic mass is 16.2. The first-order valence-electron chi connectivity index (χ1n) is 7.51. The van der Waals surface area contributed by atoms with E-state index < -0.39 is 0 Å². The largest absolute Gasteiger partial charge is 0.355 e. The molecule has 1 aliphatic heterocycles. The standard InChI is InChI=1S/C16H23N3O2/c1-3-11-8-9-18-14(10-11)16(21)19-13-7-5-4-6-12(13)15(20)17-2/h4-7,11,14,18H,3,8-10H2,1-2H3,(H,17,20)(H,19,21). The van der Waals surface area contributed by atoms with Gasteiger partial charge in [-0.1, -0.05) is 25.5 Å². The summed E-state index contributed by atoms with van der Waals surface area (Å²) < 4.78 is 0. The molecule has 1 saturated heterocycles. The van der Waals surface area contributed by atoms with Gasteiger partial charge in [0.1, 0.15) is 0 Å². The molecule has 2 rings (SSSR count). The van der Waals surface area contributed by atoms with Crippen molar-refractivity contribution in [3.05, 3.63) is 29.8 Å². The lowest BCUT2D eigenvalue weighted by Crippen LogP contribution is -2.46. The molecule has 0 bridgehead atoms. The number of hydrogen-bond donors (Lipinski definition) is 3. The van der Waals surface area contributed by atoms with Gasteiger partial charge in [0.05, 0.1) is 17.3 Å². The van der Waals surface area contributed by atoms with Crippen LogP contribution in [0.1, 0.15) is 36.5 Å². The van der Waals surface area contributed by atoms with Crippen molar-refractivity contribution in [1.82, 2.24) is 10.6 Å².